The molecule has 1 unspecified atom stereocenters. The van der Waals surface area contributed by atoms with Crippen molar-refractivity contribution >= 4 is 27.6 Å². The van der Waals surface area contributed by atoms with Crippen LogP contribution in [0, 0.1) is 5.82 Å². The van der Waals surface area contributed by atoms with Crippen LogP contribution in [0.4, 0.5) is 14.9 Å². The van der Waals surface area contributed by atoms with Crippen LogP contribution in [-0.2, 0) is 6.54 Å². The molecule has 20 heavy (non-hydrogen) atoms. The van der Waals surface area contributed by atoms with Crippen molar-refractivity contribution in [2.45, 2.75) is 19.5 Å². The molecule has 1 aromatic heterocycles. The molecule has 2 N–H and O–H groups in total. The number of aromatic nitrogens is 3. The number of carbonyl (C=O) groups is 1. The van der Waals surface area contributed by atoms with Gasteiger partial charge in [-0.3, -0.25) is 4.68 Å². The molecule has 1 atom stereocenters. The fourth-order valence-electron chi connectivity index (χ4n) is 1.63. The number of nitrogens with one attached hydrogen (secondary N) is 2. The Morgan fingerprint density at radius 1 is 1.55 bits per heavy atom. The Kier molecular flexibility index (Phi) is 4.67. The minimum Gasteiger partial charge on any atom is -0.334 e. The maximum Gasteiger partial charge on any atom is 0.319 e. The Morgan fingerprint density at radius 3 is 3.05 bits per heavy atom. The van der Waals surface area contributed by atoms with E-state index in [0.717, 1.165) is 0 Å². The van der Waals surface area contributed by atoms with Crippen molar-refractivity contribution in [3.05, 3.63) is 41.1 Å². The monoisotopic (exact) mass is 341 g/mol. The molecule has 0 radical (unpaired) electrons. The number of anilines is 1. The lowest BCUT2D eigenvalue weighted by Crippen LogP contribution is -2.38. The van der Waals surface area contributed by atoms with Gasteiger partial charge in [-0.1, -0.05) is 15.9 Å². The van der Waals surface area contributed by atoms with Gasteiger partial charge in [0.2, 0.25) is 0 Å². The molecule has 0 aliphatic carbocycles. The lowest BCUT2D eigenvalue weighted by molar-refractivity contribution is 0.247. The lowest BCUT2D eigenvalue weighted by atomic mass is 10.3. The van der Waals surface area contributed by atoms with E-state index < -0.39 is 11.8 Å². The van der Waals surface area contributed by atoms with Gasteiger partial charge < -0.3 is 10.6 Å². The molecule has 2 aromatic rings. The SMILES string of the molecule is CC(Cn1cncn1)NC(=O)Nc1cc(Br)ccc1F. The Balaban J connectivity index is 1.90. The molecule has 6 nitrogen and oxygen atoms in total. The van der Waals surface area contributed by atoms with Gasteiger partial charge in [0.25, 0.3) is 0 Å². The fraction of sp³-hybridized carbons (Fsp3) is 0.250. The van der Waals surface area contributed by atoms with Crippen molar-refractivity contribution in [2.75, 3.05) is 5.32 Å². The summed E-state index contributed by atoms with van der Waals surface area (Å²) in [6, 6.07) is 3.68. The first-order valence-electron chi connectivity index (χ1n) is 5.89. The summed E-state index contributed by atoms with van der Waals surface area (Å²) in [6.45, 7) is 2.30. The summed E-state index contributed by atoms with van der Waals surface area (Å²) in [5.74, 6) is -0.493. The van der Waals surface area contributed by atoms with E-state index in [1.165, 1.54) is 18.5 Å². The third-order valence-corrected chi connectivity index (χ3v) is 2.97. The van der Waals surface area contributed by atoms with E-state index in [9.17, 15) is 9.18 Å². The van der Waals surface area contributed by atoms with Crippen LogP contribution in [0.15, 0.2) is 35.3 Å². The Morgan fingerprint density at radius 2 is 2.35 bits per heavy atom. The number of urea groups is 1. The molecule has 0 aliphatic rings. The predicted molar refractivity (Wildman–Crippen MR) is 75.7 cm³/mol. The van der Waals surface area contributed by atoms with Crippen LogP contribution in [0.2, 0.25) is 0 Å². The van der Waals surface area contributed by atoms with Gasteiger partial charge in [0.1, 0.15) is 18.5 Å². The normalized spacial score (nSPS) is 11.9. The van der Waals surface area contributed by atoms with Crippen LogP contribution in [0.5, 0.6) is 0 Å². The lowest BCUT2D eigenvalue weighted by Gasteiger charge is -2.14. The summed E-state index contributed by atoms with van der Waals surface area (Å²) in [5.41, 5.74) is 0.116. The summed E-state index contributed by atoms with van der Waals surface area (Å²) in [4.78, 5) is 15.6. The first kappa shape index (κ1) is 14.4. The number of rotatable bonds is 4. The minimum absolute atomic E-state index is 0.116. The highest BCUT2D eigenvalue weighted by atomic mass is 79.9. The number of hydrogen-bond acceptors (Lipinski definition) is 3. The van der Waals surface area contributed by atoms with Gasteiger partial charge in [-0.15, -0.1) is 0 Å². The standard InChI is InChI=1S/C12H13BrFN5O/c1-8(5-19-7-15-6-16-19)17-12(20)18-11-4-9(13)2-3-10(11)14/h2-4,6-8H,5H2,1H3,(H2,17,18,20). The van der Waals surface area contributed by atoms with E-state index in [-0.39, 0.29) is 11.7 Å². The largest absolute Gasteiger partial charge is 0.334 e. The fourth-order valence-corrected chi connectivity index (χ4v) is 1.99. The van der Waals surface area contributed by atoms with E-state index in [0.29, 0.717) is 11.0 Å². The molecule has 2 amide bonds. The topological polar surface area (TPSA) is 71.8 Å². The first-order valence-corrected chi connectivity index (χ1v) is 6.69. The quantitative estimate of drug-likeness (QED) is 0.896. The summed E-state index contributed by atoms with van der Waals surface area (Å²) in [5, 5.41) is 9.09. The summed E-state index contributed by atoms with van der Waals surface area (Å²) >= 11 is 3.22. The van der Waals surface area contributed by atoms with Gasteiger partial charge in [0, 0.05) is 10.5 Å². The second kappa shape index (κ2) is 6.47. The Labute approximate surface area is 123 Å². The van der Waals surface area contributed by atoms with E-state index in [1.54, 1.807) is 17.1 Å². The molecule has 8 heteroatoms. The molecular formula is C12H13BrFN5O. The molecule has 0 bridgehead atoms. The minimum atomic E-state index is -0.493. The molecule has 1 aromatic carbocycles. The van der Waals surface area contributed by atoms with Crippen molar-refractivity contribution < 1.29 is 9.18 Å². The first-order chi connectivity index (χ1) is 9.54. The molecular weight excluding hydrogens is 329 g/mol. The number of nitrogens with zero attached hydrogens (tertiary/aromatic N) is 3. The molecule has 0 saturated carbocycles. The van der Waals surface area contributed by atoms with Crippen LogP contribution in [0.1, 0.15) is 6.92 Å². The number of benzene rings is 1. The van der Waals surface area contributed by atoms with Gasteiger partial charge in [0.05, 0.1) is 12.2 Å². The highest BCUT2D eigenvalue weighted by molar-refractivity contribution is 9.10. The zero-order chi connectivity index (χ0) is 14.5. The summed E-state index contributed by atoms with van der Waals surface area (Å²) in [7, 11) is 0. The second-order valence-electron chi connectivity index (χ2n) is 4.24. The van der Waals surface area contributed by atoms with Gasteiger partial charge in [-0.25, -0.2) is 14.2 Å². The predicted octanol–water partition coefficient (Wildman–Crippen LogP) is 2.39. The van der Waals surface area contributed by atoms with Crippen molar-refractivity contribution in [1.82, 2.24) is 20.1 Å². The number of amides is 2. The van der Waals surface area contributed by atoms with Crippen molar-refractivity contribution in [1.29, 1.82) is 0 Å². The summed E-state index contributed by atoms with van der Waals surface area (Å²) < 4.78 is 15.8. The van der Waals surface area contributed by atoms with Crippen LogP contribution >= 0.6 is 15.9 Å². The van der Waals surface area contributed by atoms with Crippen LogP contribution in [-0.4, -0.2) is 26.8 Å². The summed E-state index contributed by atoms with van der Waals surface area (Å²) in [6.07, 6.45) is 2.98. The van der Waals surface area contributed by atoms with Crippen LogP contribution in [0.3, 0.4) is 0 Å². The highest BCUT2D eigenvalue weighted by Gasteiger charge is 2.11. The van der Waals surface area contributed by atoms with Crippen molar-refractivity contribution in [2.24, 2.45) is 0 Å². The van der Waals surface area contributed by atoms with E-state index in [4.69, 9.17) is 0 Å². The van der Waals surface area contributed by atoms with Gasteiger partial charge in [-0.2, -0.15) is 5.10 Å². The van der Waals surface area contributed by atoms with Crippen molar-refractivity contribution in [3.63, 3.8) is 0 Å². The van der Waals surface area contributed by atoms with Gasteiger partial charge >= 0.3 is 6.03 Å². The maximum atomic E-state index is 13.5. The number of carbonyl (C=O) groups excluding carboxylic acids is 1. The number of halogens is 2. The zero-order valence-electron chi connectivity index (χ0n) is 10.7. The molecule has 0 saturated heterocycles. The second-order valence-corrected chi connectivity index (χ2v) is 5.16. The average Bonchev–Trinajstić information content (AvgIpc) is 2.86. The molecule has 0 fully saturated rings. The third kappa shape index (κ3) is 4.02. The molecule has 1 heterocycles. The zero-order valence-corrected chi connectivity index (χ0v) is 12.3. The number of hydrogen-bond donors (Lipinski definition) is 2. The molecule has 0 spiro atoms. The average molecular weight is 342 g/mol. The molecule has 2 rings (SSSR count). The van der Waals surface area contributed by atoms with E-state index in [2.05, 4.69) is 36.6 Å². The van der Waals surface area contributed by atoms with E-state index >= 15 is 0 Å². The van der Waals surface area contributed by atoms with E-state index in [1.807, 2.05) is 6.92 Å². The third-order valence-electron chi connectivity index (χ3n) is 2.48. The van der Waals surface area contributed by atoms with Gasteiger partial charge in [0.15, 0.2) is 0 Å². The van der Waals surface area contributed by atoms with Crippen molar-refractivity contribution in [3.8, 4) is 0 Å². The molecule has 0 aliphatic heterocycles. The smallest absolute Gasteiger partial charge is 0.319 e. The van der Waals surface area contributed by atoms with Crippen LogP contribution in [0.25, 0.3) is 0 Å². The Hall–Kier alpha value is -1.96. The van der Waals surface area contributed by atoms with Gasteiger partial charge in [-0.05, 0) is 25.1 Å². The van der Waals surface area contributed by atoms with Crippen LogP contribution < -0.4 is 10.6 Å². The highest BCUT2D eigenvalue weighted by Crippen LogP contribution is 2.19. The maximum absolute atomic E-state index is 13.5. The Bertz CT molecular complexity index is 590. The molecule has 106 valence electrons.